The molecule has 2 aliphatic carbocycles. The lowest BCUT2D eigenvalue weighted by Gasteiger charge is -2.33. The molecule has 0 atom stereocenters. The average molecular weight is 380 g/mol. The summed E-state index contributed by atoms with van der Waals surface area (Å²) in [6.07, 6.45) is 13.5. The van der Waals surface area contributed by atoms with E-state index in [1.54, 1.807) is 0 Å². The SMILES string of the molecule is Nc1nc(-c2ccccc2)nc(N(CC2CCCCC2)CC2CCCCC2)n1. The van der Waals surface area contributed by atoms with E-state index in [9.17, 15) is 0 Å². The highest BCUT2D eigenvalue weighted by Crippen LogP contribution is 2.30. The quantitative estimate of drug-likeness (QED) is 0.757. The topological polar surface area (TPSA) is 67.9 Å². The standard InChI is InChI=1S/C23H33N5/c24-22-25-21(20-14-8-3-9-15-20)26-23(27-22)28(16-18-10-4-1-5-11-18)17-19-12-6-2-7-13-19/h3,8-9,14-15,18-19H,1-2,4-7,10-13,16-17H2,(H2,24,25,26,27). The Kier molecular flexibility index (Phi) is 6.40. The van der Waals surface area contributed by atoms with Crippen molar-refractivity contribution >= 4 is 11.9 Å². The predicted octanol–water partition coefficient (Wildman–Crippen LogP) is 5.09. The van der Waals surface area contributed by atoms with Crippen molar-refractivity contribution in [3.05, 3.63) is 30.3 Å². The zero-order valence-electron chi connectivity index (χ0n) is 16.9. The Bertz CT molecular complexity index is 716. The molecule has 0 bridgehead atoms. The number of nitrogens with zero attached hydrogens (tertiary/aromatic N) is 4. The van der Waals surface area contributed by atoms with Crippen LogP contribution in [0.15, 0.2) is 30.3 Å². The summed E-state index contributed by atoms with van der Waals surface area (Å²) in [5.74, 6) is 3.26. The van der Waals surface area contributed by atoms with E-state index < -0.39 is 0 Å². The van der Waals surface area contributed by atoms with Gasteiger partial charge in [0, 0.05) is 18.7 Å². The van der Waals surface area contributed by atoms with E-state index in [4.69, 9.17) is 10.7 Å². The number of aromatic nitrogens is 3. The van der Waals surface area contributed by atoms with Crippen molar-refractivity contribution in [3.8, 4) is 11.4 Å². The molecule has 2 saturated carbocycles. The number of nitrogen functional groups attached to an aromatic ring is 1. The van der Waals surface area contributed by atoms with Gasteiger partial charge in [-0.2, -0.15) is 15.0 Å². The molecule has 5 nitrogen and oxygen atoms in total. The minimum atomic E-state index is 0.321. The summed E-state index contributed by atoms with van der Waals surface area (Å²) < 4.78 is 0. The number of anilines is 2. The fourth-order valence-corrected chi connectivity index (χ4v) is 4.84. The molecule has 4 rings (SSSR count). The van der Waals surface area contributed by atoms with Gasteiger partial charge in [-0.1, -0.05) is 68.9 Å². The monoisotopic (exact) mass is 379 g/mol. The Labute approximate surface area is 168 Å². The van der Waals surface area contributed by atoms with Gasteiger partial charge in [0.15, 0.2) is 5.82 Å². The van der Waals surface area contributed by atoms with E-state index in [0.29, 0.717) is 11.8 Å². The minimum Gasteiger partial charge on any atom is -0.368 e. The molecular formula is C23H33N5. The summed E-state index contributed by atoms with van der Waals surface area (Å²) in [7, 11) is 0. The van der Waals surface area contributed by atoms with Gasteiger partial charge in [0.1, 0.15) is 0 Å². The van der Waals surface area contributed by atoms with Crippen LogP contribution in [0.2, 0.25) is 0 Å². The molecule has 0 saturated heterocycles. The first-order valence-electron chi connectivity index (χ1n) is 11.1. The Hall–Kier alpha value is -2.17. The molecule has 0 aliphatic heterocycles. The lowest BCUT2D eigenvalue weighted by atomic mass is 9.87. The fourth-order valence-electron chi connectivity index (χ4n) is 4.84. The van der Waals surface area contributed by atoms with Gasteiger partial charge in [-0.3, -0.25) is 0 Å². The Morgan fingerprint density at radius 3 is 1.89 bits per heavy atom. The molecule has 2 N–H and O–H groups in total. The molecule has 1 heterocycles. The maximum Gasteiger partial charge on any atom is 0.230 e. The van der Waals surface area contributed by atoms with Crippen molar-refractivity contribution in [2.75, 3.05) is 23.7 Å². The third-order valence-electron chi connectivity index (χ3n) is 6.36. The van der Waals surface area contributed by atoms with E-state index in [0.717, 1.165) is 36.4 Å². The summed E-state index contributed by atoms with van der Waals surface area (Å²) in [6.45, 7) is 2.10. The van der Waals surface area contributed by atoms with Gasteiger partial charge in [0.2, 0.25) is 11.9 Å². The van der Waals surface area contributed by atoms with Gasteiger partial charge in [-0.15, -0.1) is 0 Å². The van der Waals surface area contributed by atoms with Crippen LogP contribution in [0, 0.1) is 11.8 Å². The maximum absolute atomic E-state index is 6.11. The molecule has 0 spiro atoms. The highest BCUT2D eigenvalue weighted by molar-refractivity contribution is 5.57. The maximum atomic E-state index is 6.11. The van der Waals surface area contributed by atoms with E-state index >= 15 is 0 Å². The van der Waals surface area contributed by atoms with E-state index in [-0.39, 0.29) is 0 Å². The molecule has 2 fully saturated rings. The average Bonchev–Trinajstić information content (AvgIpc) is 2.75. The molecule has 28 heavy (non-hydrogen) atoms. The van der Waals surface area contributed by atoms with Gasteiger partial charge in [0.05, 0.1) is 0 Å². The number of hydrogen-bond acceptors (Lipinski definition) is 5. The van der Waals surface area contributed by atoms with Crippen LogP contribution in [0.5, 0.6) is 0 Å². The van der Waals surface area contributed by atoms with Crippen LogP contribution in [0.4, 0.5) is 11.9 Å². The lowest BCUT2D eigenvalue weighted by molar-refractivity contribution is 0.325. The van der Waals surface area contributed by atoms with Crippen LogP contribution < -0.4 is 10.6 Å². The lowest BCUT2D eigenvalue weighted by Crippen LogP contribution is -2.37. The Morgan fingerprint density at radius 2 is 1.32 bits per heavy atom. The summed E-state index contributed by atoms with van der Waals surface area (Å²) in [5.41, 5.74) is 7.11. The largest absolute Gasteiger partial charge is 0.368 e. The third kappa shape index (κ3) is 5.00. The molecule has 1 aromatic carbocycles. The van der Waals surface area contributed by atoms with Crippen molar-refractivity contribution in [2.24, 2.45) is 11.8 Å². The van der Waals surface area contributed by atoms with Crippen LogP contribution >= 0.6 is 0 Å². The highest BCUT2D eigenvalue weighted by atomic mass is 15.3. The van der Waals surface area contributed by atoms with E-state index in [2.05, 4.69) is 14.9 Å². The second-order valence-corrected chi connectivity index (χ2v) is 8.60. The normalized spacial score (nSPS) is 18.9. The van der Waals surface area contributed by atoms with Crippen LogP contribution in [0.25, 0.3) is 11.4 Å². The number of nitrogens with two attached hydrogens (primary N) is 1. The molecule has 0 amide bonds. The number of hydrogen-bond donors (Lipinski definition) is 1. The van der Waals surface area contributed by atoms with Gasteiger partial charge >= 0.3 is 0 Å². The zero-order valence-corrected chi connectivity index (χ0v) is 16.9. The molecule has 150 valence electrons. The highest BCUT2D eigenvalue weighted by Gasteiger charge is 2.24. The van der Waals surface area contributed by atoms with Crippen LogP contribution in [0.3, 0.4) is 0 Å². The van der Waals surface area contributed by atoms with Crippen LogP contribution in [0.1, 0.15) is 64.2 Å². The van der Waals surface area contributed by atoms with Crippen molar-refractivity contribution in [1.82, 2.24) is 15.0 Å². The van der Waals surface area contributed by atoms with Gasteiger partial charge in [-0.25, -0.2) is 0 Å². The third-order valence-corrected chi connectivity index (χ3v) is 6.36. The van der Waals surface area contributed by atoms with Crippen molar-refractivity contribution in [3.63, 3.8) is 0 Å². The van der Waals surface area contributed by atoms with Gasteiger partial charge in [0.25, 0.3) is 0 Å². The molecule has 2 aliphatic rings. The molecule has 2 aromatic rings. The first-order chi connectivity index (χ1) is 13.8. The van der Waals surface area contributed by atoms with Gasteiger partial charge in [-0.05, 0) is 37.5 Å². The molecule has 0 unspecified atom stereocenters. The summed E-state index contributed by atoms with van der Waals surface area (Å²) >= 11 is 0. The zero-order chi connectivity index (χ0) is 19.2. The second-order valence-electron chi connectivity index (χ2n) is 8.60. The van der Waals surface area contributed by atoms with Gasteiger partial charge < -0.3 is 10.6 Å². The van der Waals surface area contributed by atoms with Crippen LogP contribution in [-0.2, 0) is 0 Å². The first-order valence-corrected chi connectivity index (χ1v) is 11.1. The summed E-state index contributed by atoms with van der Waals surface area (Å²) in [6, 6.07) is 10.1. The Balaban J connectivity index is 1.59. The predicted molar refractivity (Wildman–Crippen MR) is 115 cm³/mol. The molecular weight excluding hydrogens is 346 g/mol. The molecule has 1 aromatic heterocycles. The number of benzene rings is 1. The van der Waals surface area contributed by atoms with Crippen molar-refractivity contribution in [1.29, 1.82) is 0 Å². The second kappa shape index (κ2) is 9.35. The minimum absolute atomic E-state index is 0.321. The van der Waals surface area contributed by atoms with E-state index in [1.807, 2.05) is 30.3 Å². The van der Waals surface area contributed by atoms with Crippen LogP contribution in [-0.4, -0.2) is 28.0 Å². The fraction of sp³-hybridized carbons (Fsp3) is 0.609. The van der Waals surface area contributed by atoms with E-state index in [1.165, 1.54) is 64.2 Å². The first kappa shape index (κ1) is 19.2. The molecule has 0 radical (unpaired) electrons. The molecule has 5 heteroatoms. The van der Waals surface area contributed by atoms with Crippen molar-refractivity contribution < 1.29 is 0 Å². The van der Waals surface area contributed by atoms with Crippen molar-refractivity contribution in [2.45, 2.75) is 64.2 Å². The number of rotatable bonds is 6. The summed E-state index contributed by atoms with van der Waals surface area (Å²) in [5, 5.41) is 0. The Morgan fingerprint density at radius 1 is 0.750 bits per heavy atom. The summed E-state index contributed by atoms with van der Waals surface area (Å²) in [4.78, 5) is 16.3. The smallest absolute Gasteiger partial charge is 0.230 e.